The Morgan fingerprint density at radius 3 is 2.42 bits per heavy atom. The minimum atomic E-state index is -1.22. The summed E-state index contributed by atoms with van der Waals surface area (Å²) in [6.45, 7) is 2.98. The van der Waals surface area contributed by atoms with E-state index in [1.165, 1.54) is 11.3 Å². The predicted molar refractivity (Wildman–Crippen MR) is 118 cm³/mol. The number of carbonyl (C=O) groups excluding carboxylic acids is 3. The van der Waals surface area contributed by atoms with Gasteiger partial charge in [0.25, 0.3) is 0 Å². The average molecular weight is 439 g/mol. The summed E-state index contributed by atoms with van der Waals surface area (Å²) in [7, 11) is 0. The standard InChI is InChI=1S/C23H22N2O5S/c1-3-29-23(28)20(21-24-15(2)14-31-21)19(26)13-30-22(27)17-11-7-8-12-18(17)25-16-9-5-4-6-10-16/h4-12,14,20,25H,3,13H2,1-2H3/t20-/m0/s1. The molecule has 0 saturated heterocycles. The molecule has 0 spiro atoms. The van der Waals surface area contributed by atoms with E-state index in [-0.39, 0.29) is 12.2 Å². The van der Waals surface area contributed by atoms with Crippen LogP contribution in [-0.4, -0.2) is 35.9 Å². The smallest absolute Gasteiger partial charge is 0.340 e. The first kappa shape index (κ1) is 22.2. The lowest BCUT2D eigenvalue weighted by Gasteiger charge is -2.14. The van der Waals surface area contributed by atoms with Crippen LogP contribution in [0, 0.1) is 6.92 Å². The maximum absolute atomic E-state index is 12.8. The number of aryl methyl sites for hydroxylation is 1. The summed E-state index contributed by atoms with van der Waals surface area (Å²) in [5.74, 6) is -3.19. The highest BCUT2D eigenvalue weighted by atomic mass is 32.1. The van der Waals surface area contributed by atoms with Crippen molar-refractivity contribution in [3.05, 3.63) is 76.2 Å². The number of nitrogens with zero attached hydrogens (tertiary/aromatic N) is 1. The van der Waals surface area contributed by atoms with E-state index in [0.717, 1.165) is 5.69 Å². The van der Waals surface area contributed by atoms with E-state index in [2.05, 4.69) is 10.3 Å². The molecule has 3 aromatic rings. The number of Topliss-reactive ketones (excluding diaryl/α,β-unsaturated/α-hetero) is 1. The summed E-state index contributed by atoms with van der Waals surface area (Å²) in [5.41, 5.74) is 2.32. The number of rotatable bonds is 9. The number of benzene rings is 2. The lowest BCUT2D eigenvalue weighted by Crippen LogP contribution is -2.28. The molecule has 0 aliphatic rings. The Balaban J connectivity index is 1.72. The Morgan fingerprint density at radius 2 is 1.74 bits per heavy atom. The molecule has 0 bridgehead atoms. The van der Waals surface area contributed by atoms with Gasteiger partial charge in [0, 0.05) is 16.8 Å². The van der Waals surface area contributed by atoms with E-state index in [1.807, 2.05) is 30.3 Å². The Kier molecular flexibility index (Phi) is 7.50. The van der Waals surface area contributed by atoms with Crippen LogP contribution in [0.15, 0.2) is 60.0 Å². The van der Waals surface area contributed by atoms with E-state index in [9.17, 15) is 14.4 Å². The summed E-state index contributed by atoms with van der Waals surface area (Å²) in [4.78, 5) is 42.0. The largest absolute Gasteiger partial charge is 0.465 e. The molecule has 0 radical (unpaired) electrons. The molecule has 1 atom stereocenters. The summed E-state index contributed by atoms with van der Waals surface area (Å²) < 4.78 is 10.3. The lowest BCUT2D eigenvalue weighted by molar-refractivity contribution is -0.148. The molecular formula is C23H22N2O5S. The molecule has 3 rings (SSSR count). The topological polar surface area (TPSA) is 94.6 Å². The number of hydrogen-bond donors (Lipinski definition) is 1. The van der Waals surface area contributed by atoms with E-state index >= 15 is 0 Å². The summed E-state index contributed by atoms with van der Waals surface area (Å²) in [6.07, 6.45) is 0. The number of carbonyl (C=O) groups is 3. The number of ether oxygens (including phenoxy) is 2. The first-order valence-corrected chi connectivity index (χ1v) is 10.6. The number of para-hydroxylation sites is 2. The van der Waals surface area contributed by atoms with Crippen molar-refractivity contribution in [2.45, 2.75) is 19.8 Å². The second-order valence-corrected chi connectivity index (χ2v) is 7.48. The summed E-state index contributed by atoms with van der Waals surface area (Å²) in [6, 6.07) is 16.2. The molecule has 0 unspecified atom stereocenters. The highest BCUT2D eigenvalue weighted by Gasteiger charge is 2.33. The van der Waals surface area contributed by atoms with Gasteiger partial charge in [0.05, 0.1) is 17.9 Å². The van der Waals surface area contributed by atoms with Crippen LogP contribution in [0.5, 0.6) is 0 Å². The number of thiazole rings is 1. The minimum Gasteiger partial charge on any atom is -0.465 e. The van der Waals surface area contributed by atoms with E-state index in [0.29, 0.717) is 16.4 Å². The van der Waals surface area contributed by atoms with Crippen molar-refractivity contribution in [2.24, 2.45) is 0 Å². The third-order valence-corrected chi connectivity index (χ3v) is 5.30. The third-order valence-electron chi connectivity index (χ3n) is 4.27. The Morgan fingerprint density at radius 1 is 1.03 bits per heavy atom. The number of nitrogens with one attached hydrogen (secondary N) is 1. The van der Waals surface area contributed by atoms with Gasteiger partial charge in [-0.2, -0.15) is 0 Å². The van der Waals surface area contributed by atoms with Crippen molar-refractivity contribution in [2.75, 3.05) is 18.5 Å². The molecule has 0 aliphatic heterocycles. The highest BCUT2D eigenvalue weighted by molar-refractivity contribution is 7.10. The molecule has 160 valence electrons. The van der Waals surface area contributed by atoms with Crippen LogP contribution in [0.3, 0.4) is 0 Å². The molecule has 31 heavy (non-hydrogen) atoms. The third kappa shape index (κ3) is 5.76. The van der Waals surface area contributed by atoms with Crippen LogP contribution in [0.25, 0.3) is 0 Å². The highest BCUT2D eigenvalue weighted by Crippen LogP contribution is 2.24. The SMILES string of the molecule is CCOC(=O)[C@@H](C(=O)COC(=O)c1ccccc1Nc1ccccc1)c1nc(C)cs1. The molecule has 2 aromatic carbocycles. The fourth-order valence-electron chi connectivity index (χ4n) is 2.85. The van der Waals surface area contributed by atoms with E-state index in [4.69, 9.17) is 9.47 Å². The normalized spacial score (nSPS) is 11.4. The average Bonchev–Trinajstić information content (AvgIpc) is 3.19. The predicted octanol–water partition coefficient (Wildman–Crippen LogP) is 4.27. The lowest BCUT2D eigenvalue weighted by atomic mass is 10.1. The minimum absolute atomic E-state index is 0.130. The molecule has 1 heterocycles. The number of aromatic nitrogens is 1. The first-order chi connectivity index (χ1) is 15.0. The maximum Gasteiger partial charge on any atom is 0.340 e. The first-order valence-electron chi connectivity index (χ1n) is 9.69. The van der Waals surface area contributed by atoms with Crippen LogP contribution < -0.4 is 5.32 Å². The quantitative estimate of drug-likeness (QED) is 0.394. The zero-order valence-electron chi connectivity index (χ0n) is 17.2. The molecule has 0 amide bonds. The molecule has 1 N–H and O–H groups in total. The molecule has 7 nitrogen and oxygen atoms in total. The van der Waals surface area contributed by atoms with Crippen LogP contribution in [0.2, 0.25) is 0 Å². The van der Waals surface area contributed by atoms with Crippen molar-refractivity contribution < 1.29 is 23.9 Å². The zero-order valence-corrected chi connectivity index (χ0v) is 18.0. The molecule has 8 heteroatoms. The number of hydrogen-bond acceptors (Lipinski definition) is 8. The monoisotopic (exact) mass is 438 g/mol. The zero-order chi connectivity index (χ0) is 22.2. The molecule has 0 aliphatic carbocycles. The van der Waals surface area contributed by atoms with Crippen molar-refractivity contribution in [3.63, 3.8) is 0 Å². The Labute approximate surface area is 184 Å². The fraction of sp³-hybridized carbons (Fsp3) is 0.217. The summed E-state index contributed by atoms with van der Waals surface area (Å²) in [5, 5.41) is 5.22. The number of ketones is 1. The van der Waals surface area contributed by atoms with Gasteiger partial charge >= 0.3 is 11.9 Å². The maximum atomic E-state index is 12.8. The van der Waals surface area contributed by atoms with Crippen LogP contribution in [0.4, 0.5) is 11.4 Å². The molecule has 1 aromatic heterocycles. The van der Waals surface area contributed by atoms with Gasteiger partial charge in [0.2, 0.25) is 0 Å². The van der Waals surface area contributed by atoms with Crippen molar-refractivity contribution in [1.29, 1.82) is 0 Å². The van der Waals surface area contributed by atoms with Gasteiger partial charge < -0.3 is 14.8 Å². The van der Waals surface area contributed by atoms with Crippen molar-refractivity contribution in [1.82, 2.24) is 4.98 Å². The van der Waals surface area contributed by atoms with Gasteiger partial charge in [-0.1, -0.05) is 30.3 Å². The van der Waals surface area contributed by atoms with Crippen molar-refractivity contribution >= 4 is 40.4 Å². The van der Waals surface area contributed by atoms with Gasteiger partial charge in [-0.15, -0.1) is 11.3 Å². The number of esters is 2. The second-order valence-electron chi connectivity index (χ2n) is 6.59. The Bertz CT molecular complexity index is 1060. The fourth-order valence-corrected chi connectivity index (χ4v) is 3.75. The van der Waals surface area contributed by atoms with Crippen LogP contribution in [0.1, 0.15) is 33.9 Å². The van der Waals surface area contributed by atoms with E-state index in [1.54, 1.807) is 43.5 Å². The van der Waals surface area contributed by atoms with Gasteiger partial charge in [0.1, 0.15) is 5.01 Å². The van der Waals surface area contributed by atoms with Gasteiger partial charge in [-0.05, 0) is 38.1 Å². The van der Waals surface area contributed by atoms with Crippen LogP contribution >= 0.6 is 11.3 Å². The second kappa shape index (κ2) is 10.5. The van der Waals surface area contributed by atoms with Crippen LogP contribution in [-0.2, 0) is 19.1 Å². The van der Waals surface area contributed by atoms with Crippen molar-refractivity contribution in [3.8, 4) is 0 Å². The Hall–Kier alpha value is -3.52. The summed E-state index contributed by atoms with van der Waals surface area (Å²) >= 11 is 1.19. The molecular weight excluding hydrogens is 416 g/mol. The molecule has 0 fully saturated rings. The van der Waals surface area contributed by atoms with Gasteiger partial charge in [0.15, 0.2) is 18.3 Å². The number of anilines is 2. The van der Waals surface area contributed by atoms with E-state index < -0.39 is 30.2 Å². The van der Waals surface area contributed by atoms with Gasteiger partial charge in [-0.25, -0.2) is 9.78 Å². The van der Waals surface area contributed by atoms with Gasteiger partial charge in [-0.3, -0.25) is 9.59 Å². The molecule has 0 saturated carbocycles.